The number of aromatic nitrogens is 2. The maximum absolute atomic E-state index is 10.1. The minimum Gasteiger partial charge on any atom is -0.392 e. The molecule has 0 saturated heterocycles. The maximum atomic E-state index is 10.1. The number of nitrogens with zero attached hydrogens (tertiary/aromatic N) is 2. The zero-order chi connectivity index (χ0) is 14.2. The van der Waals surface area contributed by atoms with Crippen LogP contribution in [0.3, 0.4) is 0 Å². The van der Waals surface area contributed by atoms with Crippen LogP contribution < -0.4 is 0 Å². The lowest BCUT2D eigenvalue weighted by Crippen LogP contribution is -2.20. The Morgan fingerprint density at radius 3 is 2.85 bits per heavy atom. The van der Waals surface area contributed by atoms with Crippen LogP contribution in [0.15, 0.2) is 4.52 Å². The maximum Gasteiger partial charge on any atom is 0.229 e. The number of hydrogen-bond acceptors (Lipinski definition) is 6. The molecule has 0 radical (unpaired) electrons. The van der Waals surface area contributed by atoms with Crippen molar-refractivity contribution in [2.24, 2.45) is 5.92 Å². The van der Waals surface area contributed by atoms with Crippen LogP contribution >= 0.6 is 0 Å². The van der Waals surface area contributed by atoms with Crippen LogP contribution in [0.1, 0.15) is 37.4 Å². The second-order valence-corrected chi connectivity index (χ2v) is 5.28. The van der Waals surface area contributed by atoms with Crippen molar-refractivity contribution < 1.29 is 19.1 Å². The molecule has 114 valence electrons. The highest BCUT2D eigenvalue weighted by Crippen LogP contribution is 2.28. The molecular weight excluding hydrogens is 260 g/mol. The highest BCUT2D eigenvalue weighted by molar-refractivity contribution is 4.90. The van der Waals surface area contributed by atoms with E-state index in [4.69, 9.17) is 14.0 Å². The van der Waals surface area contributed by atoms with Gasteiger partial charge >= 0.3 is 0 Å². The van der Waals surface area contributed by atoms with Crippen molar-refractivity contribution in [1.82, 2.24) is 10.1 Å². The number of hydrogen-bond donors (Lipinski definition) is 1. The molecule has 0 aliphatic heterocycles. The van der Waals surface area contributed by atoms with Gasteiger partial charge in [-0.15, -0.1) is 0 Å². The highest BCUT2D eigenvalue weighted by atomic mass is 16.5. The van der Waals surface area contributed by atoms with Gasteiger partial charge < -0.3 is 19.1 Å². The van der Waals surface area contributed by atoms with E-state index in [1.54, 1.807) is 7.11 Å². The van der Waals surface area contributed by atoms with Gasteiger partial charge in [-0.1, -0.05) is 18.0 Å². The predicted molar refractivity (Wildman–Crippen MR) is 72.4 cm³/mol. The fraction of sp³-hybridized carbons (Fsp3) is 0.857. The van der Waals surface area contributed by atoms with Crippen molar-refractivity contribution in [3.63, 3.8) is 0 Å². The number of aliphatic hydroxyl groups excluding tert-OH is 1. The lowest BCUT2D eigenvalue weighted by atomic mass is 9.98. The lowest BCUT2D eigenvalue weighted by molar-refractivity contribution is 0.0714. The summed E-state index contributed by atoms with van der Waals surface area (Å²) >= 11 is 0. The molecule has 0 bridgehead atoms. The Morgan fingerprint density at radius 1 is 1.30 bits per heavy atom. The molecule has 1 aliphatic carbocycles. The molecule has 1 N–H and O–H groups in total. The van der Waals surface area contributed by atoms with Crippen LogP contribution in [0.5, 0.6) is 0 Å². The summed E-state index contributed by atoms with van der Waals surface area (Å²) < 4.78 is 15.4. The first-order chi connectivity index (χ1) is 9.79. The zero-order valence-electron chi connectivity index (χ0n) is 12.1. The molecule has 1 unspecified atom stereocenters. The van der Waals surface area contributed by atoms with Crippen molar-refractivity contribution in [1.29, 1.82) is 0 Å². The fourth-order valence-electron chi connectivity index (χ4n) is 2.57. The van der Waals surface area contributed by atoms with Crippen LogP contribution in [-0.2, 0) is 22.3 Å². The number of rotatable bonds is 9. The molecule has 1 saturated carbocycles. The molecule has 6 nitrogen and oxygen atoms in total. The van der Waals surface area contributed by atoms with Crippen molar-refractivity contribution in [2.75, 3.05) is 26.9 Å². The molecule has 6 heteroatoms. The summed E-state index contributed by atoms with van der Waals surface area (Å²) in [5, 5.41) is 14.0. The van der Waals surface area contributed by atoms with Gasteiger partial charge in [0.05, 0.1) is 32.3 Å². The third kappa shape index (κ3) is 4.85. The molecule has 1 atom stereocenters. The third-order valence-electron chi connectivity index (χ3n) is 3.74. The fourth-order valence-corrected chi connectivity index (χ4v) is 2.57. The second-order valence-electron chi connectivity index (χ2n) is 5.28. The van der Waals surface area contributed by atoms with E-state index in [2.05, 4.69) is 10.1 Å². The molecule has 1 heterocycles. The zero-order valence-corrected chi connectivity index (χ0v) is 12.1. The summed E-state index contributed by atoms with van der Waals surface area (Å²) in [7, 11) is 1.64. The third-order valence-corrected chi connectivity index (χ3v) is 3.74. The molecule has 0 spiro atoms. The summed E-state index contributed by atoms with van der Waals surface area (Å²) in [5.41, 5.74) is 0. The second kappa shape index (κ2) is 8.34. The van der Waals surface area contributed by atoms with Gasteiger partial charge in [0.1, 0.15) is 0 Å². The molecule has 0 amide bonds. The van der Waals surface area contributed by atoms with Crippen molar-refractivity contribution in [2.45, 2.75) is 44.6 Å². The van der Waals surface area contributed by atoms with Crippen molar-refractivity contribution in [3.8, 4) is 0 Å². The van der Waals surface area contributed by atoms with Gasteiger partial charge in [-0.05, 0) is 18.8 Å². The first-order valence-corrected chi connectivity index (χ1v) is 7.36. The average molecular weight is 284 g/mol. The summed E-state index contributed by atoms with van der Waals surface area (Å²) in [5.74, 6) is 1.55. The van der Waals surface area contributed by atoms with Crippen LogP contribution in [-0.4, -0.2) is 48.3 Å². The molecule has 0 aromatic carbocycles. The van der Waals surface area contributed by atoms with Crippen LogP contribution in [0.4, 0.5) is 0 Å². The Hall–Kier alpha value is -0.980. The summed E-state index contributed by atoms with van der Waals surface area (Å²) in [6, 6.07) is 0. The van der Waals surface area contributed by atoms with E-state index >= 15 is 0 Å². The Labute approximate surface area is 119 Å². The van der Waals surface area contributed by atoms with Gasteiger partial charge in [-0.2, -0.15) is 4.98 Å². The standard InChI is InChI=1S/C14H24N2O4/c1-18-8-9-19-7-6-13-15-14(20-16-13)10-12(17)11-4-2-3-5-11/h11-12,17H,2-10H2,1H3. The first-order valence-electron chi connectivity index (χ1n) is 7.36. The number of aliphatic hydroxyl groups is 1. The Balaban J connectivity index is 1.68. The van der Waals surface area contributed by atoms with Crippen LogP contribution in [0, 0.1) is 5.92 Å². The first kappa shape index (κ1) is 15.4. The Bertz CT molecular complexity index is 377. The highest BCUT2D eigenvalue weighted by Gasteiger charge is 2.25. The van der Waals surface area contributed by atoms with E-state index in [1.807, 2.05) is 0 Å². The van der Waals surface area contributed by atoms with Gasteiger partial charge in [-0.3, -0.25) is 0 Å². The number of methoxy groups -OCH3 is 1. The van der Waals surface area contributed by atoms with Crippen molar-refractivity contribution in [3.05, 3.63) is 11.7 Å². The van der Waals surface area contributed by atoms with E-state index in [0.29, 0.717) is 50.3 Å². The minimum absolute atomic E-state index is 0.358. The predicted octanol–water partition coefficient (Wildman–Crippen LogP) is 1.37. The SMILES string of the molecule is COCCOCCc1noc(CC(O)C2CCCC2)n1. The summed E-state index contributed by atoms with van der Waals surface area (Å²) in [4.78, 5) is 4.29. The average Bonchev–Trinajstić information content (AvgIpc) is 3.09. The molecule has 1 aliphatic rings. The monoisotopic (exact) mass is 284 g/mol. The summed E-state index contributed by atoms with van der Waals surface area (Å²) in [6.07, 6.45) is 5.37. The van der Waals surface area contributed by atoms with E-state index < -0.39 is 0 Å². The van der Waals surface area contributed by atoms with Crippen LogP contribution in [0.25, 0.3) is 0 Å². The number of ether oxygens (including phenoxy) is 2. The van der Waals surface area contributed by atoms with E-state index in [-0.39, 0.29) is 6.10 Å². The largest absolute Gasteiger partial charge is 0.392 e. The van der Waals surface area contributed by atoms with Gasteiger partial charge in [0.15, 0.2) is 5.82 Å². The van der Waals surface area contributed by atoms with Gasteiger partial charge in [0, 0.05) is 13.5 Å². The minimum atomic E-state index is -0.358. The molecule has 20 heavy (non-hydrogen) atoms. The topological polar surface area (TPSA) is 77.6 Å². The normalized spacial score (nSPS) is 17.7. The smallest absolute Gasteiger partial charge is 0.229 e. The Morgan fingerprint density at radius 2 is 2.10 bits per heavy atom. The quantitative estimate of drug-likeness (QED) is 0.690. The van der Waals surface area contributed by atoms with Gasteiger partial charge in [-0.25, -0.2) is 0 Å². The van der Waals surface area contributed by atoms with Gasteiger partial charge in [0.25, 0.3) is 0 Å². The van der Waals surface area contributed by atoms with Crippen molar-refractivity contribution >= 4 is 0 Å². The summed E-state index contributed by atoms with van der Waals surface area (Å²) in [6.45, 7) is 1.71. The molecule has 1 fully saturated rings. The molecule has 1 aromatic rings. The van der Waals surface area contributed by atoms with E-state index in [1.165, 1.54) is 12.8 Å². The molecule has 1 aromatic heterocycles. The molecule has 2 rings (SSSR count). The van der Waals surface area contributed by atoms with E-state index in [9.17, 15) is 5.11 Å². The van der Waals surface area contributed by atoms with Crippen LogP contribution in [0.2, 0.25) is 0 Å². The van der Waals surface area contributed by atoms with Gasteiger partial charge in [0.2, 0.25) is 5.89 Å². The Kier molecular flexibility index (Phi) is 6.42. The lowest BCUT2D eigenvalue weighted by Gasteiger charge is -2.14. The molecular formula is C14H24N2O4. The van der Waals surface area contributed by atoms with E-state index in [0.717, 1.165) is 12.8 Å².